The standard InChI is InChI=1S/C22H28N4OS/c1-5-23-22(26(3)14-19-15-28-21(25-19)16(2)27-4)24-13-18-11-8-10-17-9-6-7-12-20(17)18/h6-12,15-16H,5,13-14H2,1-4H3,(H,23,24). The normalized spacial score (nSPS) is 12.9. The molecule has 0 saturated heterocycles. The summed E-state index contributed by atoms with van der Waals surface area (Å²) in [6, 6.07) is 14.8. The third-order valence-corrected chi connectivity index (χ3v) is 5.70. The first-order valence-corrected chi connectivity index (χ1v) is 10.4. The third-order valence-electron chi connectivity index (χ3n) is 4.65. The molecule has 0 fully saturated rings. The van der Waals surface area contributed by atoms with Gasteiger partial charge in [0.25, 0.3) is 0 Å². The molecule has 28 heavy (non-hydrogen) atoms. The van der Waals surface area contributed by atoms with E-state index in [0.717, 1.165) is 23.2 Å². The number of ether oxygens (including phenoxy) is 1. The van der Waals surface area contributed by atoms with Gasteiger partial charge in [0.05, 0.1) is 18.8 Å². The maximum absolute atomic E-state index is 5.36. The first-order valence-electron chi connectivity index (χ1n) is 9.55. The van der Waals surface area contributed by atoms with E-state index in [1.807, 2.05) is 14.0 Å². The first kappa shape index (κ1) is 20.3. The molecule has 6 heteroatoms. The van der Waals surface area contributed by atoms with Crippen LogP contribution in [0.15, 0.2) is 52.8 Å². The second-order valence-corrected chi connectivity index (χ2v) is 7.61. The van der Waals surface area contributed by atoms with Gasteiger partial charge in [0.15, 0.2) is 5.96 Å². The van der Waals surface area contributed by atoms with Gasteiger partial charge in [0.2, 0.25) is 0 Å². The van der Waals surface area contributed by atoms with Crippen molar-refractivity contribution < 1.29 is 4.74 Å². The average Bonchev–Trinajstić information content (AvgIpc) is 3.18. The molecular formula is C22H28N4OS. The second-order valence-electron chi connectivity index (χ2n) is 6.72. The number of thiazole rings is 1. The fraction of sp³-hybridized carbons (Fsp3) is 0.364. The first-order chi connectivity index (χ1) is 13.6. The summed E-state index contributed by atoms with van der Waals surface area (Å²) in [6.45, 7) is 6.26. The zero-order valence-electron chi connectivity index (χ0n) is 17.0. The Morgan fingerprint density at radius 3 is 2.82 bits per heavy atom. The van der Waals surface area contributed by atoms with Crippen molar-refractivity contribution in [1.29, 1.82) is 0 Å². The van der Waals surface area contributed by atoms with Crippen molar-refractivity contribution in [2.45, 2.75) is 33.0 Å². The van der Waals surface area contributed by atoms with Crippen molar-refractivity contribution >= 4 is 28.1 Å². The van der Waals surface area contributed by atoms with E-state index in [9.17, 15) is 0 Å². The highest BCUT2D eigenvalue weighted by Gasteiger charge is 2.13. The molecule has 3 aromatic rings. The van der Waals surface area contributed by atoms with Crippen molar-refractivity contribution in [3.8, 4) is 0 Å². The van der Waals surface area contributed by atoms with Gasteiger partial charge in [-0.25, -0.2) is 9.98 Å². The van der Waals surface area contributed by atoms with Gasteiger partial charge in [-0.05, 0) is 30.2 Å². The van der Waals surface area contributed by atoms with Crippen LogP contribution in [-0.2, 0) is 17.8 Å². The number of nitrogens with zero attached hydrogens (tertiary/aromatic N) is 3. The molecule has 0 saturated carbocycles. The van der Waals surface area contributed by atoms with E-state index in [4.69, 9.17) is 14.7 Å². The summed E-state index contributed by atoms with van der Waals surface area (Å²) in [5.41, 5.74) is 2.26. The van der Waals surface area contributed by atoms with Crippen molar-refractivity contribution in [3.63, 3.8) is 0 Å². The number of nitrogens with one attached hydrogen (secondary N) is 1. The molecule has 0 aliphatic heterocycles. The highest BCUT2D eigenvalue weighted by molar-refractivity contribution is 7.09. The Kier molecular flexibility index (Phi) is 7.01. The van der Waals surface area contributed by atoms with Gasteiger partial charge in [0, 0.05) is 26.1 Å². The van der Waals surface area contributed by atoms with Gasteiger partial charge < -0.3 is 15.0 Å². The van der Waals surface area contributed by atoms with E-state index < -0.39 is 0 Å². The van der Waals surface area contributed by atoms with Crippen LogP contribution in [0, 0.1) is 0 Å². The van der Waals surface area contributed by atoms with Crippen LogP contribution in [0.2, 0.25) is 0 Å². The Bertz CT molecular complexity index is 932. The molecule has 0 spiro atoms. The van der Waals surface area contributed by atoms with E-state index in [0.29, 0.717) is 13.1 Å². The molecule has 0 aliphatic rings. The minimum absolute atomic E-state index is 0.0253. The molecule has 1 atom stereocenters. The van der Waals surface area contributed by atoms with Crippen molar-refractivity contribution in [2.24, 2.45) is 4.99 Å². The molecule has 2 aromatic carbocycles. The van der Waals surface area contributed by atoms with Gasteiger partial charge >= 0.3 is 0 Å². The van der Waals surface area contributed by atoms with Gasteiger partial charge in [-0.15, -0.1) is 11.3 Å². The Labute approximate surface area is 171 Å². The second kappa shape index (κ2) is 9.66. The van der Waals surface area contributed by atoms with Gasteiger partial charge in [0.1, 0.15) is 11.1 Å². The van der Waals surface area contributed by atoms with E-state index in [-0.39, 0.29) is 6.10 Å². The van der Waals surface area contributed by atoms with E-state index in [1.165, 1.54) is 16.3 Å². The van der Waals surface area contributed by atoms with Crippen LogP contribution in [0.1, 0.15) is 36.2 Å². The summed E-state index contributed by atoms with van der Waals surface area (Å²) < 4.78 is 5.36. The Morgan fingerprint density at radius 1 is 1.25 bits per heavy atom. The van der Waals surface area contributed by atoms with Crippen LogP contribution < -0.4 is 5.32 Å². The number of aliphatic imine (C=N–C) groups is 1. The highest BCUT2D eigenvalue weighted by Crippen LogP contribution is 2.21. The van der Waals surface area contributed by atoms with Crippen LogP contribution >= 0.6 is 11.3 Å². The summed E-state index contributed by atoms with van der Waals surface area (Å²) in [4.78, 5) is 11.7. The number of hydrogen-bond donors (Lipinski definition) is 1. The summed E-state index contributed by atoms with van der Waals surface area (Å²) in [5, 5.41) is 8.99. The van der Waals surface area contributed by atoms with E-state index >= 15 is 0 Å². The summed E-state index contributed by atoms with van der Waals surface area (Å²) in [6.07, 6.45) is 0.0253. The molecule has 0 radical (unpaired) electrons. The van der Waals surface area contributed by atoms with Crippen LogP contribution in [0.5, 0.6) is 0 Å². The summed E-state index contributed by atoms with van der Waals surface area (Å²) in [5.74, 6) is 0.879. The Hall–Kier alpha value is -2.44. The molecule has 1 N–H and O–H groups in total. The molecule has 0 amide bonds. The monoisotopic (exact) mass is 396 g/mol. The third kappa shape index (κ3) is 4.88. The van der Waals surface area contributed by atoms with Crippen molar-refractivity contribution in [2.75, 3.05) is 20.7 Å². The number of guanidine groups is 1. The number of aromatic nitrogens is 1. The van der Waals surface area contributed by atoms with Crippen LogP contribution in [0.4, 0.5) is 0 Å². The molecule has 3 rings (SSSR count). The van der Waals surface area contributed by atoms with E-state index in [2.05, 4.69) is 65.0 Å². The number of hydrogen-bond acceptors (Lipinski definition) is 4. The minimum atomic E-state index is 0.0253. The lowest BCUT2D eigenvalue weighted by Crippen LogP contribution is -2.38. The Balaban J connectivity index is 1.75. The molecule has 1 unspecified atom stereocenters. The highest BCUT2D eigenvalue weighted by atomic mass is 32.1. The quantitative estimate of drug-likeness (QED) is 0.468. The maximum Gasteiger partial charge on any atom is 0.194 e. The topological polar surface area (TPSA) is 49.8 Å². The van der Waals surface area contributed by atoms with Gasteiger partial charge in [-0.3, -0.25) is 0 Å². The summed E-state index contributed by atoms with van der Waals surface area (Å²) in [7, 11) is 3.75. The fourth-order valence-electron chi connectivity index (χ4n) is 3.06. The zero-order valence-corrected chi connectivity index (χ0v) is 17.8. The molecule has 0 aliphatic carbocycles. The number of fused-ring (bicyclic) bond motifs is 1. The van der Waals surface area contributed by atoms with Crippen LogP contribution in [0.3, 0.4) is 0 Å². The molecule has 148 valence electrons. The van der Waals surface area contributed by atoms with Gasteiger partial charge in [-0.1, -0.05) is 42.5 Å². The fourth-order valence-corrected chi connectivity index (χ4v) is 3.90. The molecule has 1 heterocycles. The predicted octanol–water partition coefficient (Wildman–Crippen LogP) is 4.60. The molecular weight excluding hydrogens is 368 g/mol. The largest absolute Gasteiger partial charge is 0.375 e. The molecule has 5 nitrogen and oxygen atoms in total. The van der Waals surface area contributed by atoms with Crippen molar-refractivity contribution in [3.05, 3.63) is 64.1 Å². The molecule has 0 bridgehead atoms. The van der Waals surface area contributed by atoms with E-state index in [1.54, 1.807) is 18.4 Å². The van der Waals surface area contributed by atoms with Gasteiger partial charge in [-0.2, -0.15) is 0 Å². The van der Waals surface area contributed by atoms with Crippen LogP contribution in [-0.4, -0.2) is 36.5 Å². The van der Waals surface area contributed by atoms with Crippen molar-refractivity contribution in [1.82, 2.24) is 15.2 Å². The minimum Gasteiger partial charge on any atom is -0.375 e. The SMILES string of the molecule is CCNC(=NCc1cccc2ccccc12)N(C)Cc1csc(C(C)OC)n1. The smallest absolute Gasteiger partial charge is 0.194 e. The predicted molar refractivity (Wildman–Crippen MR) is 118 cm³/mol. The lowest BCUT2D eigenvalue weighted by atomic mass is 10.1. The number of benzene rings is 2. The maximum atomic E-state index is 5.36. The number of rotatable bonds is 7. The zero-order chi connectivity index (χ0) is 19.9. The summed E-state index contributed by atoms with van der Waals surface area (Å²) >= 11 is 1.64. The molecule has 1 aromatic heterocycles. The van der Waals surface area contributed by atoms with Crippen LogP contribution in [0.25, 0.3) is 10.8 Å². The average molecular weight is 397 g/mol. The lowest BCUT2D eigenvalue weighted by Gasteiger charge is -2.21. The lowest BCUT2D eigenvalue weighted by molar-refractivity contribution is 0.119. The number of methoxy groups -OCH3 is 1. The Morgan fingerprint density at radius 2 is 2.04 bits per heavy atom.